The van der Waals surface area contributed by atoms with Crippen LogP contribution in [-0.2, 0) is 6.42 Å². The predicted molar refractivity (Wildman–Crippen MR) is 67.3 cm³/mol. The van der Waals surface area contributed by atoms with Crippen molar-refractivity contribution in [3.05, 3.63) is 30.1 Å². The molecule has 0 aliphatic heterocycles. The molecule has 0 saturated carbocycles. The van der Waals surface area contributed by atoms with E-state index in [4.69, 9.17) is 5.73 Å². The van der Waals surface area contributed by atoms with Gasteiger partial charge in [-0.1, -0.05) is 0 Å². The molecule has 0 aromatic carbocycles. The van der Waals surface area contributed by atoms with Gasteiger partial charge < -0.3 is 11.1 Å². The normalized spacial score (nSPS) is 12.6. The van der Waals surface area contributed by atoms with Gasteiger partial charge in [-0.05, 0) is 44.9 Å². The van der Waals surface area contributed by atoms with Crippen LogP contribution in [0.15, 0.2) is 29.5 Å². The van der Waals surface area contributed by atoms with Crippen molar-refractivity contribution in [3.8, 4) is 0 Å². The Labute approximate surface area is 97.0 Å². The second-order valence-corrected chi connectivity index (χ2v) is 4.75. The van der Waals surface area contributed by atoms with Gasteiger partial charge in [-0.2, -0.15) is 0 Å². The Kier molecular flexibility index (Phi) is 4.28. The van der Waals surface area contributed by atoms with E-state index < -0.39 is 0 Å². The van der Waals surface area contributed by atoms with E-state index in [-0.39, 0.29) is 5.54 Å². The topological polar surface area (TPSA) is 63.3 Å². The largest absolute Gasteiger partial charge is 0.370 e. The molecule has 3 N–H and O–H groups in total. The summed E-state index contributed by atoms with van der Waals surface area (Å²) in [6.45, 7) is 6.85. The highest BCUT2D eigenvalue weighted by atomic mass is 15.1. The summed E-state index contributed by atoms with van der Waals surface area (Å²) in [5.41, 5.74) is 6.94. The Morgan fingerprint density at radius 1 is 1.38 bits per heavy atom. The summed E-state index contributed by atoms with van der Waals surface area (Å²) in [7, 11) is 0. The van der Waals surface area contributed by atoms with Gasteiger partial charge in [0.25, 0.3) is 0 Å². The van der Waals surface area contributed by atoms with Crippen LogP contribution in [0.4, 0.5) is 0 Å². The first kappa shape index (κ1) is 12.5. The van der Waals surface area contributed by atoms with Crippen molar-refractivity contribution in [1.82, 2.24) is 10.3 Å². The number of aliphatic imine (C=N–C) groups is 1. The van der Waals surface area contributed by atoms with Gasteiger partial charge in [0, 0.05) is 24.5 Å². The van der Waals surface area contributed by atoms with Gasteiger partial charge in [0.2, 0.25) is 0 Å². The number of rotatable bonds is 3. The summed E-state index contributed by atoms with van der Waals surface area (Å²) in [5, 5.41) is 3.12. The summed E-state index contributed by atoms with van der Waals surface area (Å²) in [6.07, 6.45) is 4.46. The Balaban J connectivity index is 2.37. The molecule has 1 aromatic heterocycles. The molecule has 0 aliphatic rings. The average molecular weight is 220 g/mol. The zero-order valence-corrected chi connectivity index (χ0v) is 10.2. The Bertz CT molecular complexity index is 338. The van der Waals surface area contributed by atoms with Crippen LogP contribution in [0.5, 0.6) is 0 Å². The molecule has 1 heterocycles. The van der Waals surface area contributed by atoms with Crippen molar-refractivity contribution in [3.63, 3.8) is 0 Å². The van der Waals surface area contributed by atoms with Gasteiger partial charge in [0.05, 0.1) is 0 Å². The summed E-state index contributed by atoms with van der Waals surface area (Å²) < 4.78 is 0. The summed E-state index contributed by atoms with van der Waals surface area (Å²) in [6, 6.07) is 3.98. The molecule has 0 radical (unpaired) electrons. The molecule has 0 amide bonds. The molecule has 0 atom stereocenters. The Morgan fingerprint density at radius 3 is 2.56 bits per heavy atom. The van der Waals surface area contributed by atoms with Crippen LogP contribution < -0.4 is 11.1 Å². The van der Waals surface area contributed by atoms with Crippen LogP contribution in [0.25, 0.3) is 0 Å². The summed E-state index contributed by atoms with van der Waals surface area (Å²) >= 11 is 0. The Hall–Kier alpha value is -1.58. The molecule has 0 unspecified atom stereocenters. The average Bonchev–Trinajstić information content (AvgIpc) is 2.16. The number of nitrogens with zero attached hydrogens (tertiary/aromatic N) is 2. The standard InChI is InChI=1S/C12H20N4/c1-12(2,3)16-11(13)15-9-6-10-4-7-14-8-5-10/h4-5,7-8H,6,9H2,1-3H3,(H3,13,15,16). The molecule has 88 valence electrons. The molecule has 0 saturated heterocycles. The number of aromatic nitrogens is 1. The summed E-state index contributed by atoms with van der Waals surface area (Å²) in [5.74, 6) is 0.501. The zero-order chi connectivity index (χ0) is 12.0. The van der Waals surface area contributed by atoms with E-state index in [0.29, 0.717) is 12.5 Å². The molecule has 16 heavy (non-hydrogen) atoms. The van der Waals surface area contributed by atoms with Crippen LogP contribution in [-0.4, -0.2) is 23.0 Å². The van der Waals surface area contributed by atoms with Crippen LogP contribution in [0.3, 0.4) is 0 Å². The molecule has 0 aliphatic carbocycles. The van der Waals surface area contributed by atoms with Gasteiger partial charge in [-0.3, -0.25) is 9.98 Å². The zero-order valence-electron chi connectivity index (χ0n) is 10.2. The molecule has 1 rings (SSSR count). The number of hydrogen-bond donors (Lipinski definition) is 2. The van der Waals surface area contributed by atoms with Crippen molar-refractivity contribution in [1.29, 1.82) is 0 Å². The molecule has 0 spiro atoms. The van der Waals surface area contributed by atoms with E-state index in [2.05, 4.69) is 36.1 Å². The fourth-order valence-electron chi connectivity index (χ4n) is 1.28. The fourth-order valence-corrected chi connectivity index (χ4v) is 1.28. The maximum Gasteiger partial charge on any atom is 0.188 e. The Morgan fingerprint density at radius 2 is 2.00 bits per heavy atom. The molecule has 0 bridgehead atoms. The second kappa shape index (κ2) is 5.49. The van der Waals surface area contributed by atoms with E-state index in [1.165, 1.54) is 5.56 Å². The van der Waals surface area contributed by atoms with E-state index >= 15 is 0 Å². The highest BCUT2D eigenvalue weighted by Crippen LogP contribution is 1.99. The quantitative estimate of drug-likeness (QED) is 0.596. The van der Waals surface area contributed by atoms with Crippen molar-refractivity contribution in [2.24, 2.45) is 10.7 Å². The van der Waals surface area contributed by atoms with Crippen LogP contribution in [0, 0.1) is 0 Å². The van der Waals surface area contributed by atoms with Crippen molar-refractivity contribution in [2.45, 2.75) is 32.7 Å². The van der Waals surface area contributed by atoms with E-state index in [1.54, 1.807) is 12.4 Å². The SMILES string of the molecule is CC(C)(C)NC(N)=NCCc1ccncc1. The lowest BCUT2D eigenvalue weighted by Gasteiger charge is -2.20. The molecular weight excluding hydrogens is 200 g/mol. The second-order valence-electron chi connectivity index (χ2n) is 4.75. The van der Waals surface area contributed by atoms with Gasteiger partial charge >= 0.3 is 0 Å². The number of nitrogens with one attached hydrogen (secondary N) is 1. The van der Waals surface area contributed by atoms with Gasteiger partial charge in [0.15, 0.2) is 5.96 Å². The van der Waals surface area contributed by atoms with E-state index in [9.17, 15) is 0 Å². The first-order valence-corrected chi connectivity index (χ1v) is 5.44. The molecule has 4 heteroatoms. The molecular formula is C12H20N4. The minimum absolute atomic E-state index is 0.0375. The monoisotopic (exact) mass is 220 g/mol. The third-order valence-corrected chi connectivity index (χ3v) is 1.94. The van der Waals surface area contributed by atoms with Crippen LogP contribution in [0.1, 0.15) is 26.3 Å². The molecule has 0 fully saturated rings. The lowest BCUT2D eigenvalue weighted by atomic mass is 10.1. The number of pyridine rings is 1. The molecule has 4 nitrogen and oxygen atoms in total. The maximum absolute atomic E-state index is 5.75. The van der Waals surface area contributed by atoms with Crippen LogP contribution >= 0.6 is 0 Å². The lowest BCUT2D eigenvalue weighted by molar-refractivity contribution is 0.508. The van der Waals surface area contributed by atoms with Crippen molar-refractivity contribution >= 4 is 5.96 Å². The number of nitrogens with two attached hydrogens (primary N) is 1. The highest BCUT2D eigenvalue weighted by Gasteiger charge is 2.09. The third-order valence-electron chi connectivity index (χ3n) is 1.94. The lowest BCUT2D eigenvalue weighted by Crippen LogP contribution is -2.45. The van der Waals surface area contributed by atoms with E-state index in [1.807, 2.05) is 12.1 Å². The minimum atomic E-state index is -0.0375. The van der Waals surface area contributed by atoms with Crippen molar-refractivity contribution < 1.29 is 0 Å². The smallest absolute Gasteiger partial charge is 0.188 e. The first-order chi connectivity index (χ1) is 7.47. The fraction of sp³-hybridized carbons (Fsp3) is 0.500. The van der Waals surface area contributed by atoms with Gasteiger partial charge in [0.1, 0.15) is 0 Å². The van der Waals surface area contributed by atoms with Crippen molar-refractivity contribution in [2.75, 3.05) is 6.54 Å². The number of guanidine groups is 1. The first-order valence-electron chi connectivity index (χ1n) is 5.44. The predicted octanol–water partition coefficient (Wildman–Crippen LogP) is 1.33. The number of hydrogen-bond acceptors (Lipinski definition) is 2. The minimum Gasteiger partial charge on any atom is -0.370 e. The third kappa shape index (κ3) is 5.34. The van der Waals surface area contributed by atoms with Gasteiger partial charge in [-0.15, -0.1) is 0 Å². The van der Waals surface area contributed by atoms with Gasteiger partial charge in [-0.25, -0.2) is 0 Å². The molecule has 1 aromatic rings. The maximum atomic E-state index is 5.75. The van der Waals surface area contributed by atoms with Crippen LogP contribution in [0.2, 0.25) is 0 Å². The van der Waals surface area contributed by atoms with E-state index in [0.717, 1.165) is 6.42 Å². The summed E-state index contributed by atoms with van der Waals surface area (Å²) in [4.78, 5) is 8.23. The highest BCUT2D eigenvalue weighted by molar-refractivity contribution is 5.78.